The minimum Gasteiger partial charge on any atom is -0.611 e. The maximum Gasteiger partial charge on any atom is 0.244 e. The molecule has 228 valence electrons. The molecular weight excluding hydrogens is 562 g/mol. The molecule has 4 rings (SSSR count). The van der Waals surface area contributed by atoms with Gasteiger partial charge in [0.15, 0.2) is 5.75 Å². The van der Waals surface area contributed by atoms with Crippen molar-refractivity contribution >= 4 is 23.2 Å². The molecule has 3 aromatic rings. The third-order valence-corrected chi connectivity index (χ3v) is 8.46. The van der Waals surface area contributed by atoms with E-state index in [0.29, 0.717) is 31.1 Å². The van der Waals surface area contributed by atoms with E-state index in [0.717, 1.165) is 58.3 Å². The van der Waals surface area contributed by atoms with Crippen LogP contribution >= 0.6 is 0 Å². The first-order valence-corrected chi connectivity index (χ1v) is 16.0. The Kier molecular flexibility index (Phi) is 12.1. The Morgan fingerprint density at radius 1 is 1.14 bits per heavy atom. The number of benzene rings is 2. The van der Waals surface area contributed by atoms with E-state index in [1.807, 2.05) is 79.1 Å². The lowest BCUT2D eigenvalue weighted by atomic mass is 10.0. The summed E-state index contributed by atoms with van der Waals surface area (Å²) in [6.07, 6.45) is 12.3. The number of rotatable bonds is 15. The molecule has 9 heteroatoms. The zero-order chi connectivity index (χ0) is 30.6. The molecule has 0 saturated carbocycles. The average molecular weight is 604 g/mol. The van der Waals surface area contributed by atoms with Crippen molar-refractivity contribution in [3.05, 3.63) is 95.0 Å². The van der Waals surface area contributed by atoms with Crippen LogP contribution in [0.25, 0.3) is 17.2 Å². The summed E-state index contributed by atoms with van der Waals surface area (Å²) in [7, 11) is 1.61. The number of nitrogens with zero attached hydrogens (tertiary/aromatic N) is 2. The Morgan fingerprint density at radius 2 is 1.93 bits per heavy atom. The SMILES string of the molecule is CCCOCCOc1ccc(-c2ccc(OC)c(/C=C/C(=O)NC3C=CC([S+]([O-])Cc4c(C)ncn4CC)=CC3)c2)cc1. The molecule has 2 aromatic carbocycles. The molecule has 2 unspecified atom stereocenters. The van der Waals surface area contributed by atoms with E-state index in [4.69, 9.17) is 14.2 Å². The molecule has 0 fully saturated rings. The highest BCUT2D eigenvalue weighted by molar-refractivity contribution is 7.94. The molecule has 1 N–H and O–H groups in total. The first-order chi connectivity index (χ1) is 20.9. The average Bonchev–Trinajstić information content (AvgIpc) is 3.38. The third-order valence-electron chi connectivity index (χ3n) is 7.10. The van der Waals surface area contributed by atoms with E-state index in [2.05, 4.69) is 17.2 Å². The fourth-order valence-electron chi connectivity index (χ4n) is 4.70. The highest BCUT2D eigenvalue weighted by Crippen LogP contribution is 2.29. The van der Waals surface area contributed by atoms with Crippen LogP contribution in [-0.2, 0) is 33.0 Å². The van der Waals surface area contributed by atoms with E-state index < -0.39 is 11.2 Å². The molecular formula is C34H41N3O5S. The van der Waals surface area contributed by atoms with E-state index in [-0.39, 0.29) is 11.9 Å². The summed E-state index contributed by atoms with van der Waals surface area (Å²) in [6, 6.07) is 13.6. The monoisotopic (exact) mass is 603 g/mol. The van der Waals surface area contributed by atoms with Crippen molar-refractivity contribution in [1.29, 1.82) is 0 Å². The van der Waals surface area contributed by atoms with Crippen molar-refractivity contribution in [1.82, 2.24) is 14.9 Å². The minimum absolute atomic E-state index is 0.173. The second-order valence-corrected chi connectivity index (χ2v) is 11.6. The number of aromatic nitrogens is 2. The summed E-state index contributed by atoms with van der Waals surface area (Å²) < 4.78 is 31.8. The Hall–Kier alpha value is -3.79. The number of amides is 1. The van der Waals surface area contributed by atoms with Gasteiger partial charge >= 0.3 is 0 Å². The number of imidazole rings is 1. The summed E-state index contributed by atoms with van der Waals surface area (Å²) in [6.45, 7) is 8.68. The van der Waals surface area contributed by atoms with Crippen molar-refractivity contribution in [2.45, 2.75) is 52.0 Å². The van der Waals surface area contributed by atoms with E-state index in [9.17, 15) is 9.35 Å². The molecule has 0 aliphatic heterocycles. The van der Waals surface area contributed by atoms with Gasteiger partial charge in [0.05, 0.1) is 37.5 Å². The fraction of sp³-hybridized carbons (Fsp3) is 0.353. The van der Waals surface area contributed by atoms with Crippen LogP contribution in [0, 0.1) is 6.92 Å². The van der Waals surface area contributed by atoms with Crippen molar-refractivity contribution in [3.8, 4) is 22.6 Å². The largest absolute Gasteiger partial charge is 0.611 e. The molecule has 0 bridgehead atoms. The number of methoxy groups -OCH3 is 1. The zero-order valence-corrected chi connectivity index (χ0v) is 26.2. The summed E-state index contributed by atoms with van der Waals surface area (Å²) in [4.78, 5) is 17.9. The predicted molar refractivity (Wildman–Crippen MR) is 172 cm³/mol. The topological polar surface area (TPSA) is 97.7 Å². The van der Waals surface area contributed by atoms with Gasteiger partial charge in [-0.05, 0) is 91.5 Å². The maximum absolute atomic E-state index is 13.0. The minimum atomic E-state index is -1.18. The summed E-state index contributed by atoms with van der Waals surface area (Å²) in [5.74, 6) is 1.67. The lowest BCUT2D eigenvalue weighted by Gasteiger charge is -2.19. The van der Waals surface area contributed by atoms with Gasteiger partial charge in [-0.3, -0.25) is 4.79 Å². The van der Waals surface area contributed by atoms with Crippen LogP contribution in [0.5, 0.6) is 11.5 Å². The van der Waals surface area contributed by atoms with Crippen molar-refractivity contribution in [2.24, 2.45) is 0 Å². The molecule has 1 heterocycles. The van der Waals surface area contributed by atoms with Gasteiger partial charge in [0.2, 0.25) is 5.91 Å². The van der Waals surface area contributed by atoms with Crippen LogP contribution in [0.15, 0.2) is 78.0 Å². The third kappa shape index (κ3) is 9.10. The molecule has 1 aromatic heterocycles. The number of allylic oxidation sites excluding steroid dienone is 1. The molecule has 8 nitrogen and oxygen atoms in total. The molecule has 1 aliphatic carbocycles. The highest BCUT2D eigenvalue weighted by atomic mass is 32.2. The molecule has 43 heavy (non-hydrogen) atoms. The van der Waals surface area contributed by atoms with Crippen LogP contribution in [0.4, 0.5) is 0 Å². The van der Waals surface area contributed by atoms with Crippen molar-refractivity contribution in [3.63, 3.8) is 0 Å². The normalized spacial score (nSPS) is 15.4. The van der Waals surface area contributed by atoms with Gasteiger partial charge in [-0.1, -0.05) is 31.2 Å². The highest BCUT2D eigenvalue weighted by Gasteiger charge is 2.21. The smallest absolute Gasteiger partial charge is 0.244 e. The van der Waals surface area contributed by atoms with Crippen LogP contribution in [-0.4, -0.2) is 53.0 Å². The lowest BCUT2D eigenvalue weighted by Crippen LogP contribution is -2.32. The van der Waals surface area contributed by atoms with Gasteiger partial charge in [-0.15, -0.1) is 0 Å². The number of nitrogens with one attached hydrogen (secondary N) is 1. The second-order valence-electron chi connectivity index (χ2n) is 10.1. The van der Waals surface area contributed by atoms with Gasteiger partial charge in [-0.25, -0.2) is 4.98 Å². The lowest BCUT2D eigenvalue weighted by molar-refractivity contribution is -0.116. The van der Waals surface area contributed by atoms with Gasteiger partial charge in [-0.2, -0.15) is 0 Å². The first kappa shape index (κ1) is 32.1. The van der Waals surface area contributed by atoms with E-state index in [1.54, 1.807) is 19.5 Å². The number of carbonyl (C=O) groups is 1. The van der Waals surface area contributed by atoms with Crippen LogP contribution in [0.1, 0.15) is 43.6 Å². The Morgan fingerprint density at radius 3 is 2.63 bits per heavy atom. The van der Waals surface area contributed by atoms with Gasteiger partial charge in [0.1, 0.15) is 23.0 Å². The van der Waals surface area contributed by atoms with Gasteiger partial charge in [0.25, 0.3) is 0 Å². The van der Waals surface area contributed by atoms with Gasteiger partial charge in [0, 0.05) is 24.8 Å². The first-order valence-electron chi connectivity index (χ1n) is 14.7. The standard InChI is InChI=1S/C34H41N3O5S/c1-5-19-41-20-21-42-30-13-7-26(8-14-30)27-9-17-33(40-4)28(22-27)10-18-34(38)36-29-11-15-31(16-12-29)43(39)23-32-25(3)35-24-37(32)6-2/h7-11,13-18,22,24,29H,5-6,12,19-21,23H2,1-4H3,(H,36,38)/b18-10+. The Balaban J connectivity index is 1.32. The molecule has 1 amide bonds. The Bertz CT molecular complexity index is 1440. The summed E-state index contributed by atoms with van der Waals surface area (Å²) >= 11 is -1.18. The van der Waals surface area contributed by atoms with Crippen molar-refractivity contribution in [2.75, 3.05) is 26.9 Å². The van der Waals surface area contributed by atoms with E-state index in [1.165, 1.54) is 6.08 Å². The molecule has 1 aliphatic rings. The number of aryl methyl sites for hydroxylation is 2. The van der Waals surface area contributed by atoms with Crippen LogP contribution in [0.3, 0.4) is 0 Å². The summed E-state index contributed by atoms with van der Waals surface area (Å²) in [5.41, 5.74) is 4.71. The zero-order valence-electron chi connectivity index (χ0n) is 25.4. The fourth-order valence-corrected chi connectivity index (χ4v) is 6.00. The Labute approximate surface area is 257 Å². The molecule has 0 spiro atoms. The molecule has 0 saturated heterocycles. The second kappa shape index (κ2) is 16.2. The van der Waals surface area contributed by atoms with E-state index >= 15 is 0 Å². The number of carbonyl (C=O) groups excluding carboxylic acids is 1. The number of hydrogen-bond acceptors (Lipinski definition) is 6. The molecule has 2 atom stereocenters. The molecule has 0 radical (unpaired) electrons. The number of hydrogen-bond donors (Lipinski definition) is 1. The van der Waals surface area contributed by atoms with Gasteiger partial charge < -0.3 is 28.6 Å². The maximum atomic E-state index is 13.0. The van der Waals surface area contributed by atoms with Crippen LogP contribution in [0.2, 0.25) is 0 Å². The quantitative estimate of drug-likeness (QED) is 0.130. The van der Waals surface area contributed by atoms with Crippen LogP contribution < -0.4 is 14.8 Å². The summed E-state index contributed by atoms with van der Waals surface area (Å²) in [5, 5.41) is 3.01. The predicted octanol–water partition coefficient (Wildman–Crippen LogP) is 5.98. The van der Waals surface area contributed by atoms with Crippen molar-refractivity contribution < 1.29 is 23.6 Å². The number of ether oxygens (including phenoxy) is 3.